The van der Waals surface area contributed by atoms with Crippen LogP contribution in [0, 0.1) is 6.92 Å². The minimum Gasteiger partial charge on any atom is -0.508 e. The molecule has 0 aliphatic carbocycles. The zero-order valence-electron chi connectivity index (χ0n) is 11.7. The van der Waals surface area contributed by atoms with Crippen molar-refractivity contribution in [1.29, 1.82) is 0 Å². The number of aliphatic hydroxyl groups excluding tert-OH is 1. The normalized spacial score (nSPS) is 20.0. The van der Waals surface area contributed by atoms with Gasteiger partial charge in [-0.15, -0.1) is 0 Å². The Hall–Kier alpha value is -1.64. The van der Waals surface area contributed by atoms with Crippen LogP contribution in [-0.4, -0.2) is 56.1 Å². The Morgan fingerprint density at radius 1 is 1.52 bits per heavy atom. The van der Waals surface area contributed by atoms with Crippen LogP contribution in [0.4, 0.5) is 0 Å². The van der Waals surface area contributed by atoms with E-state index >= 15 is 0 Å². The van der Waals surface area contributed by atoms with Gasteiger partial charge >= 0.3 is 0 Å². The first-order chi connectivity index (χ1) is 9.81. The summed E-state index contributed by atoms with van der Waals surface area (Å²) < 4.78 is 32.5. The van der Waals surface area contributed by atoms with Crippen molar-refractivity contribution in [3.05, 3.63) is 29.3 Å². The monoisotopic (exact) mass is 315 g/mol. The number of phenolic OH excluding ortho intramolecular Hbond substituents is 1. The second-order valence-corrected chi connectivity index (χ2v) is 6.38. The van der Waals surface area contributed by atoms with E-state index in [0.717, 1.165) is 6.26 Å². The van der Waals surface area contributed by atoms with Gasteiger partial charge in [-0.1, -0.05) is 6.07 Å². The lowest BCUT2D eigenvalue weighted by atomic mass is 10.1. The fourth-order valence-electron chi connectivity index (χ4n) is 2.02. The molecular formula is C13H17NO6S. The molecule has 21 heavy (non-hydrogen) atoms. The molecule has 0 aromatic heterocycles. The van der Waals surface area contributed by atoms with Crippen molar-refractivity contribution < 1.29 is 27.6 Å². The Kier molecular flexibility index (Phi) is 4.50. The van der Waals surface area contributed by atoms with Gasteiger partial charge < -0.3 is 14.9 Å². The van der Waals surface area contributed by atoms with E-state index in [2.05, 4.69) is 4.99 Å². The number of rotatable bonds is 5. The van der Waals surface area contributed by atoms with Crippen LogP contribution >= 0.6 is 0 Å². The number of ether oxygens (including phenoxy) is 1. The fourth-order valence-corrected chi connectivity index (χ4v) is 2.66. The SMILES string of the molecule is Cc1c(O)cccc1C1=N[C@H](C(CO)OS(C)(=O)=O)CO1. The van der Waals surface area contributed by atoms with Crippen molar-refractivity contribution in [3.63, 3.8) is 0 Å². The third kappa shape index (κ3) is 3.72. The molecule has 1 aliphatic heterocycles. The number of aliphatic hydroxyl groups is 1. The Balaban J connectivity index is 2.24. The molecule has 7 nitrogen and oxygen atoms in total. The lowest BCUT2D eigenvalue weighted by Gasteiger charge is -2.16. The number of aromatic hydroxyl groups is 1. The lowest BCUT2D eigenvalue weighted by molar-refractivity contribution is 0.0918. The molecule has 1 aromatic rings. The number of nitrogens with zero attached hydrogens (tertiary/aromatic N) is 1. The van der Waals surface area contributed by atoms with Gasteiger partial charge in [0.1, 0.15) is 24.5 Å². The van der Waals surface area contributed by atoms with Gasteiger partial charge in [0.2, 0.25) is 5.90 Å². The molecule has 1 unspecified atom stereocenters. The van der Waals surface area contributed by atoms with Gasteiger partial charge in [-0.05, 0) is 19.1 Å². The third-order valence-electron chi connectivity index (χ3n) is 3.12. The molecule has 116 valence electrons. The van der Waals surface area contributed by atoms with Crippen LogP contribution in [0.2, 0.25) is 0 Å². The third-order valence-corrected chi connectivity index (χ3v) is 3.71. The molecule has 0 bridgehead atoms. The molecule has 0 saturated heterocycles. The first-order valence-corrected chi connectivity index (χ1v) is 8.12. The number of aliphatic imine (C=N–C) groups is 1. The van der Waals surface area contributed by atoms with Gasteiger partial charge in [-0.2, -0.15) is 8.42 Å². The summed E-state index contributed by atoms with van der Waals surface area (Å²) in [6.07, 6.45) is -0.0785. The van der Waals surface area contributed by atoms with Crippen molar-refractivity contribution >= 4 is 16.0 Å². The van der Waals surface area contributed by atoms with Gasteiger partial charge in [-0.25, -0.2) is 4.99 Å². The van der Waals surface area contributed by atoms with Crippen LogP contribution in [0.15, 0.2) is 23.2 Å². The Bertz CT molecular complexity index is 655. The van der Waals surface area contributed by atoms with E-state index in [-0.39, 0.29) is 12.4 Å². The Morgan fingerprint density at radius 3 is 2.86 bits per heavy atom. The van der Waals surface area contributed by atoms with Crippen LogP contribution in [0.5, 0.6) is 5.75 Å². The summed E-state index contributed by atoms with van der Waals surface area (Å²) in [6, 6.07) is 4.32. The minimum atomic E-state index is -3.69. The zero-order chi connectivity index (χ0) is 15.6. The van der Waals surface area contributed by atoms with Crippen molar-refractivity contribution in [1.82, 2.24) is 0 Å². The van der Waals surface area contributed by atoms with Crippen molar-refractivity contribution in [2.75, 3.05) is 19.5 Å². The standard InChI is InChI=1S/C13H17NO6S/c1-8-9(4-3-5-11(8)16)13-14-10(7-19-13)12(6-15)20-21(2,17)18/h3-5,10,12,15-16H,6-7H2,1-2H3/t10-,12?/m0/s1. The summed E-state index contributed by atoms with van der Waals surface area (Å²) in [7, 11) is -3.69. The number of hydrogen-bond acceptors (Lipinski definition) is 7. The van der Waals surface area contributed by atoms with E-state index < -0.39 is 28.9 Å². The second-order valence-electron chi connectivity index (χ2n) is 4.78. The van der Waals surface area contributed by atoms with Crippen molar-refractivity contribution in [3.8, 4) is 5.75 Å². The highest BCUT2D eigenvalue weighted by Gasteiger charge is 2.31. The summed E-state index contributed by atoms with van der Waals surface area (Å²) in [6.45, 7) is 1.34. The lowest BCUT2D eigenvalue weighted by Crippen LogP contribution is -2.34. The summed E-state index contributed by atoms with van der Waals surface area (Å²) >= 11 is 0. The zero-order valence-corrected chi connectivity index (χ0v) is 12.5. The maximum Gasteiger partial charge on any atom is 0.264 e. The largest absolute Gasteiger partial charge is 0.508 e. The molecule has 8 heteroatoms. The van der Waals surface area contributed by atoms with Crippen molar-refractivity contribution in [2.45, 2.75) is 19.1 Å². The highest BCUT2D eigenvalue weighted by Crippen LogP contribution is 2.24. The number of benzene rings is 1. The molecule has 0 radical (unpaired) electrons. The van der Waals surface area contributed by atoms with E-state index in [9.17, 15) is 18.6 Å². The molecule has 0 amide bonds. The van der Waals surface area contributed by atoms with E-state index in [1.807, 2.05) is 0 Å². The maximum atomic E-state index is 11.2. The molecule has 2 N–H and O–H groups in total. The molecule has 2 rings (SSSR count). The summed E-state index contributed by atoms with van der Waals surface area (Å²) in [4.78, 5) is 4.25. The van der Waals surface area contributed by atoms with Gasteiger partial charge in [-0.3, -0.25) is 4.18 Å². The topological polar surface area (TPSA) is 105 Å². The molecule has 1 aromatic carbocycles. The summed E-state index contributed by atoms with van der Waals surface area (Å²) in [5.41, 5.74) is 1.23. The number of phenols is 1. The highest BCUT2D eigenvalue weighted by atomic mass is 32.2. The van der Waals surface area contributed by atoms with Gasteiger partial charge in [0.25, 0.3) is 10.1 Å². The van der Waals surface area contributed by atoms with E-state index in [4.69, 9.17) is 8.92 Å². The molecule has 1 aliphatic rings. The average molecular weight is 315 g/mol. The van der Waals surface area contributed by atoms with Gasteiger partial charge in [0, 0.05) is 11.1 Å². The Morgan fingerprint density at radius 2 is 2.24 bits per heavy atom. The molecule has 1 heterocycles. The Labute approximate surface area is 123 Å². The average Bonchev–Trinajstić information content (AvgIpc) is 2.87. The van der Waals surface area contributed by atoms with Gasteiger partial charge in [0.15, 0.2) is 0 Å². The summed E-state index contributed by atoms with van der Waals surface area (Å²) in [5, 5.41) is 18.9. The fraction of sp³-hybridized carbons (Fsp3) is 0.462. The second kappa shape index (κ2) is 6.00. The highest BCUT2D eigenvalue weighted by molar-refractivity contribution is 7.86. The molecule has 2 atom stereocenters. The molecule has 0 saturated carbocycles. The quantitative estimate of drug-likeness (QED) is 0.751. The minimum absolute atomic E-state index is 0.102. The van der Waals surface area contributed by atoms with Gasteiger partial charge in [0.05, 0.1) is 12.9 Å². The predicted octanol–water partition coefficient (Wildman–Crippen LogP) is 0.183. The van der Waals surface area contributed by atoms with Crippen LogP contribution < -0.4 is 0 Å². The van der Waals surface area contributed by atoms with Crippen LogP contribution in [0.3, 0.4) is 0 Å². The van der Waals surface area contributed by atoms with Crippen LogP contribution in [-0.2, 0) is 19.0 Å². The molecular weight excluding hydrogens is 298 g/mol. The van der Waals surface area contributed by atoms with E-state index in [1.165, 1.54) is 0 Å². The summed E-state index contributed by atoms with van der Waals surface area (Å²) in [5.74, 6) is 0.414. The first-order valence-electron chi connectivity index (χ1n) is 6.30. The number of hydrogen-bond donors (Lipinski definition) is 2. The van der Waals surface area contributed by atoms with E-state index in [1.54, 1.807) is 25.1 Å². The maximum absolute atomic E-state index is 11.2. The predicted molar refractivity (Wildman–Crippen MR) is 75.9 cm³/mol. The molecule has 0 spiro atoms. The van der Waals surface area contributed by atoms with E-state index in [0.29, 0.717) is 17.0 Å². The van der Waals surface area contributed by atoms with Crippen LogP contribution in [0.1, 0.15) is 11.1 Å². The van der Waals surface area contributed by atoms with Crippen molar-refractivity contribution in [2.24, 2.45) is 4.99 Å². The van der Waals surface area contributed by atoms with Crippen LogP contribution in [0.25, 0.3) is 0 Å². The first kappa shape index (κ1) is 15.7. The smallest absolute Gasteiger partial charge is 0.264 e. The molecule has 0 fully saturated rings.